The van der Waals surface area contributed by atoms with E-state index in [-0.39, 0.29) is 0 Å². The average molecular weight is 313 g/mol. The Morgan fingerprint density at radius 3 is 1.55 bits per heavy atom. The second-order valence-corrected chi connectivity index (χ2v) is 5.15. The predicted molar refractivity (Wildman–Crippen MR) is 85.6 cm³/mol. The van der Waals surface area contributed by atoms with Crippen molar-refractivity contribution in [3.63, 3.8) is 0 Å². The van der Waals surface area contributed by atoms with Crippen LogP contribution >= 0.6 is 23.2 Å². The van der Waals surface area contributed by atoms with Gasteiger partial charge >= 0.3 is 0 Å². The molecule has 108 valence electrons. The van der Waals surface area contributed by atoms with Crippen LogP contribution in [-0.4, -0.2) is 25.0 Å². The lowest BCUT2D eigenvalue weighted by Gasteiger charge is -2.12. The van der Waals surface area contributed by atoms with E-state index < -0.39 is 0 Å². The highest BCUT2D eigenvalue weighted by Crippen LogP contribution is 2.32. The van der Waals surface area contributed by atoms with Gasteiger partial charge in [-0.25, -0.2) is 0 Å². The molecule has 0 unspecified atom stereocenters. The molecule has 0 spiro atoms. The van der Waals surface area contributed by atoms with Gasteiger partial charge in [-0.2, -0.15) is 0 Å². The van der Waals surface area contributed by atoms with Gasteiger partial charge in [-0.15, -0.1) is 23.2 Å². The quantitative estimate of drug-likeness (QED) is 0.512. The van der Waals surface area contributed by atoms with Crippen LogP contribution in [0.1, 0.15) is 12.8 Å². The van der Waals surface area contributed by atoms with Crippen molar-refractivity contribution in [1.82, 2.24) is 0 Å². The predicted octanol–water partition coefficient (Wildman–Crippen LogP) is 4.86. The largest absolute Gasteiger partial charge is 0.493 e. The normalized spacial score (nSPS) is 10.7. The van der Waals surface area contributed by atoms with Gasteiger partial charge in [0.2, 0.25) is 0 Å². The first-order chi connectivity index (χ1) is 9.86. The fourth-order valence-electron chi connectivity index (χ4n) is 1.98. The molecule has 4 heteroatoms. The molecule has 0 bridgehead atoms. The Kier molecular flexibility index (Phi) is 6.28. The lowest BCUT2D eigenvalue weighted by Crippen LogP contribution is -2.00. The summed E-state index contributed by atoms with van der Waals surface area (Å²) in [7, 11) is 0. The van der Waals surface area contributed by atoms with Crippen molar-refractivity contribution in [2.24, 2.45) is 0 Å². The van der Waals surface area contributed by atoms with Gasteiger partial charge < -0.3 is 9.47 Å². The summed E-state index contributed by atoms with van der Waals surface area (Å²) in [6.45, 7) is 1.25. The van der Waals surface area contributed by atoms with Gasteiger partial charge in [0.15, 0.2) is 0 Å². The number of halogens is 2. The van der Waals surface area contributed by atoms with Crippen molar-refractivity contribution < 1.29 is 9.47 Å². The third kappa shape index (κ3) is 3.94. The lowest BCUT2D eigenvalue weighted by atomic mass is 10.1. The highest BCUT2D eigenvalue weighted by Gasteiger charge is 2.06. The Hall–Kier alpha value is -1.12. The van der Waals surface area contributed by atoms with Gasteiger partial charge in [-0.1, -0.05) is 24.3 Å². The van der Waals surface area contributed by atoms with E-state index in [1.54, 1.807) is 0 Å². The number of hydrogen-bond acceptors (Lipinski definition) is 2. The number of alkyl halides is 2. The summed E-state index contributed by atoms with van der Waals surface area (Å²) < 4.78 is 11.6. The van der Waals surface area contributed by atoms with Gasteiger partial charge in [-0.3, -0.25) is 0 Å². The molecular weight excluding hydrogens is 295 g/mol. The van der Waals surface area contributed by atoms with E-state index >= 15 is 0 Å². The summed E-state index contributed by atoms with van der Waals surface area (Å²) >= 11 is 11.3. The minimum Gasteiger partial charge on any atom is -0.493 e. The molecule has 2 rings (SSSR count). The van der Waals surface area contributed by atoms with Crippen LogP contribution in [0.15, 0.2) is 36.4 Å². The third-order valence-electron chi connectivity index (χ3n) is 2.91. The van der Waals surface area contributed by atoms with Crippen LogP contribution in [0.25, 0.3) is 10.8 Å². The van der Waals surface area contributed by atoms with Crippen LogP contribution < -0.4 is 9.47 Å². The minimum atomic E-state index is 0.609. The summed E-state index contributed by atoms with van der Waals surface area (Å²) in [4.78, 5) is 0. The SMILES string of the molecule is ClCCCOc1cccc2c(OCCCCl)cccc12. The zero-order chi connectivity index (χ0) is 14.2. The van der Waals surface area contributed by atoms with Gasteiger partial charge in [0.05, 0.1) is 13.2 Å². The summed E-state index contributed by atoms with van der Waals surface area (Å²) in [5, 5.41) is 2.12. The summed E-state index contributed by atoms with van der Waals surface area (Å²) in [6.07, 6.45) is 1.67. The molecule has 0 atom stereocenters. The van der Waals surface area contributed by atoms with Gasteiger partial charge in [0, 0.05) is 22.5 Å². The van der Waals surface area contributed by atoms with E-state index in [1.807, 2.05) is 36.4 Å². The maximum Gasteiger partial charge on any atom is 0.127 e. The van der Waals surface area contributed by atoms with Crippen molar-refractivity contribution in [2.45, 2.75) is 12.8 Å². The van der Waals surface area contributed by atoms with Gasteiger partial charge in [0.1, 0.15) is 11.5 Å². The molecular formula is C16H18Cl2O2. The first kappa shape index (κ1) is 15.3. The van der Waals surface area contributed by atoms with Crippen molar-refractivity contribution in [3.05, 3.63) is 36.4 Å². The Balaban J connectivity index is 2.21. The zero-order valence-electron chi connectivity index (χ0n) is 11.3. The van der Waals surface area contributed by atoms with E-state index in [9.17, 15) is 0 Å². The molecule has 0 saturated carbocycles. The fourth-order valence-corrected chi connectivity index (χ4v) is 2.20. The Bertz CT molecular complexity index is 494. The van der Waals surface area contributed by atoms with Crippen molar-refractivity contribution in [3.8, 4) is 11.5 Å². The van der Waals surface area contributed by atoms with E-state index in [4.69, 9.17) is 32.7 Å². The smallest absolute Gasteiger partial charge is 0.127 e. The van der Waals surface area contributed by atoms with Crippen molar-refractivity contribution >= 4 is 34.0 Å². The van der Waals surface area contributed by atoms with Crippen LogP contribution in [0.2, 0.25) is 0 Å². The molecule has 0 aromatic heterocycles. The summed E-state index contributed by atoms with van der Waals surface area (Å²) in [6, 6.07) is 12.0. The summed E-state index contributed by atoms with van der Waals surface area (Å²) in [5.41, 5.74) is 0. The van der Waals surface area contributed by atoms with Crippen LogP contribution in [0.4, 0.5) is 0 Å². The first-order valence-electron chi connectivity index (χ1n) is 6.76. The molecule has 0 fully saturated rings. The van der Waals surface area contributed by atoms with Crippen LogP contribution in [0.5, 0.6) is 11.5 Å². The fraction of sp³-hybridized carbons (Fsp3) is 0.375. The Morgan fingerprint density at radius 1 is 0.700 bits per heavy atom. The molecule has 2 aromatic rings. The monoisotopic (exact) mass is 312 g/mol. The standard InChI is InChI=1S/C16H18Cl2O2/c17-9-3-11-19-15-7-1-5-13-14(15)6-2-8-16(13)20-12-4-10-18/h1-2,5-8H,3-4,9-12H2. The second kappa shape index (κ2) is 8.23. The Labute approximate surface area is 129 Å². The average Bonchev–Trinajstić information content (AvgIpc) is 2.48. The van der Waals surface area contributed by atoms with Crippen LogP contribution in [-0.2, 0) is 0 Å². The highest BCUT2D eigenvalue weighted by atomic mass is 35.5. The van der Waals surface area contributed by atoms with E-state index in [0.717, 1.165) is 35.1 Å². The molecule has 0 aliphatic carbocycles. The molecule has 0 aliphatic heterocycles. The van der Waals surface area contributed by atoms with E-state index in [2.05, 4.69) is 0 Å². The lowest BCUT2D eigenvalue weighted by molar-refractivity contribution is 0.318. The second-order valence-electron chi connectivity index (χ2n) is 4.39. The number of ether oxygens (including phenoxy) is 2. The van der Waals surface area contributed by atoms with Crippen molar-refractivity contribution in [2.75, 3.05) is 25.0 Å². The number of fused-ring (bicyclic) bond motifs is 1. The maximum absolute atomic E-state index is 5.78. The molecule has 2 aromatic carbocycles. The molecule has 0 saturated heterocycles. The number of benzene rings is 2. The number of hydrogen-bond donors (Lipinski definition) is 0. The van der Waals surface area contributed by atoms with Gasteiger partial charge in [0.25, 0.3) is 0 Å². The highest BCUT2D eigenvalue weighted by molar-refractivity contribution is 6.18. The van der Waals surface area contributed by atoms with Crippen LogP contribution in [0, 0.1) is 0 Å². The van der Waals surface area contributed by atoms with E-state index in [0.29, 0.717) is 25.0 Å². The first-order valence-corrected chi connectivity index (χ1v) is 7.83. The van der Waals surface area contributed by atoms with Crippen molar-refractivity contribution in [1.29, 1.82) is 0 Å². The molecule has 0 N–H and O–H groups in total. The molecule has 0 aliphatic rings. The van der Waals surface area contributed by atoms with Gasteiger partial charge in [-0.05, 0) is 25.0 Å². The molecule has 2 nitrogen and oxygen atoms in total. The third-order valence-corrected chi connectivity index (χ3v) is 3.45. The molecule has 0 amide bonds. The summed E-state index contributed by atoms with van der Waals surface area (Å²) in [5.74, 6) is 2.96. The van der Waals surface area contributed by atoms with E-state index in [1.165, 1.54) is 0 Å². The molecule has 20 heavy (non-hydrogen) atoms. The maximum atomic E-state index is 5.78. The topological polar surface area (TPSA) is 18.5 Å². The molecule has 0 heterocycles. The number of rotatable bonds is 8. The van der Waals surface area contributed by atoms with Crippen LogP contribution in [0.3, 0.4) is 0 Å². The minimum absolute atomic E-state index is 0.609. The molecule has 0 radical (unpaired) electrons. The zero-order valence-corrected chi connectivity index (χ0v) is 12.8. The Morgan fingerprint density at radius 2 is 1.15 bits per heavy atom.